The number of halogens is 1. The molecule has 1 fully saturated rings. The molecule has 0 saturated heterocycles. The molecule has 1 heterocycles. The highest BCUT2D eigenvalue weighted by atomic mass is 35.5. The van der Waals surface area contributed by atoms with E-state index in [0.29, 0.717) is 11.7 Å². The van der Waals surface area contributed by atoms with E-state index in [1.54, 1.807) is 7.11 Å². The van der Waals surface area contributed by atoms with Gasteiger partial charge in [0.1, 0.15) is 11.8 Å². The number of ether oxygens (including phenoxy) is 1. The highest BCUT2D eigenvalue weighted by molar-refractivity contribution is 5.85. The first-order valence-electron chi connectivity index (χ1n) is 8.61. The van der Waals surface area contributed by atoms with E-state index in [4.69, 9.17) is 15.0 Å². The Morgan fingerprint density at radius 2 is 2.23 bits per heavy atom. The molecule has 8 heteroatoms. The average molecular weight is 381 g/mol. The Labute approximate surface area is 159 Å². The van der Waals surface area contributed by atoms with Gasteiger partial charge in [0.15, 0.2) is 0 Å². The summed E-state index contributed by atoms with van der Waals surface area (Å²) in [5.41, 5.74) is 6.76. The Bertz CT molecular complexity index is 737. The number of hydrogen-bond acceptors (Lipinski definition) is 6. The Kier molecular flexibility index (Phi) is 6.99. The van der Waals surface area contributed by atoms with Crippen LogP contribution >= 0.6 is 12.4 Å². The third-order valence-electron chi connectivity index (χ3n) is 4.58. The van der Waals surface area contributed by atoms with Crippen LogP contribution in [0.3, 0.4) is 0 Å². The second kappa shape index (κ2) is 9.00. The summed E-state index contributed by atoms with van der Waals surface area (Å²) in [5, 5.41) is 6.96. The van der Waals surface area contributed by atoms with Crippen molar-refractivity contribution in [1.29, 1.82) is 0 Å². The Morgan fingerprint density at radius 3 is 2.96 bits per heavy atom. The second-order valence-electron chi connectivity index (χ2n) is 6.54. The summed E-state index contributed by atoms with van der Waals surface area (Å²) < 4.78 is 10.5. The molecular weight excluding hydrogens is 356 g/mol. The largest absolute Gasteiger partial charge is 0.497 e. The van der Waals surface area contributed by atoms with E-state index in [-0.39, 0.29) is 36.3 Å². The maximum Gasteiger partial charge on any atom is 0.249 e. The summed E-state index contributed by atoms with van der Waals surface area (Å²) in [7, 11) is 1.61. The van der Waals surface area contributed by atoms with Gasteiger partial charge < -0.3 is 20.3 Å². The minimum atomic E-state index is -0.350. The van der Waals surface area contributed by atoms with Crippen molar-refractivity contribution in [3.63, 3.8) is 0 Å². The van der Waals surface area contributed by atoms with Crippen molar-refractivity contribution in [2.24, 2.45) is 11.7 Å². The molecule has 142 valence electrons. The molecule has 1 aliphatic carbocycles. The highest BCUT2D eigenvalue weighted by Crippen LogP contribution is 2.25. The number of nitrogens with two attached hydrogens (primary N) is 1. The van der Waals surface area contributed by atoms with Crippen molar-refractivity contribution in [2.45, 2.75) is 44.7 Å². The quantitative estimate of drug-likeness (QED) is 0.826. The van der Waals surface area contributed by atoms with Crippen LogP contribution in [0.2, 0.25) is 0 Å². The molecule has 1 aliphatic rings. The number of amides is 1. The fourth-order valence-corrected chi connectivity index (χ4v) is 3.15. The molecule has 0 spiro atoms. The number of methoxy groups -OCH3 is 1. The molecule has 2 aromatic rings. The summed E-state index contributed by atoms with van der Waals surface area (Å²) >= 11 is 0. The van der Waals surface area contributed by atoms with E-state index in [0.717, 1.165) is 37.0 Å². The molecule has 3 unspecified atom stereocenters. The fraction of sp³-hybridized carbons (Fsp3) is 0.500. The molecule has 0 aliphatic heterocycles. The van der Waals surface area contributed by atoms with Gasteiger partial charge >= 0.3 is 0 Å². The molecule has 0 bridgehead atoms. The summed E-state index contributed by atoms with van der Waals surface area (Å²) in [6.07, 6.45) is 3.60. The zero-order valence-corrected chi connectivity index (χ0v) is 15.8. The average Bonchev–Trinajstić information content (AvgIpc) is 3.12. The third-order valence-corrected chi connectivity index (χ3v) is 4.58. The van der Waals surface area contributed by atoms with Crippen molar-refractivity contribution in [2.75, 3.05) is 7.11 Å². The van der Waals surface area contributed by atoms with Gasteiger partial charge in [-0.25, -0.2) is 0 Å². The van der Waals surface area contributed by atoms with Crippen molar-refractivity contribution >= 4 is 18.3 Å². The topological polar surface area (TPSA) is 103 Å². The Hall–Kier alpha value is -2.12. The molecule has 26 heavy (non-hydrogen) atoms. The van der Waals surface area contributed by atoms with Gasteiger partial charge in [-0.05, 0) is 38.3 Å². The van der Waals surface area contributed by atoms with E-state index in [1.165, 1.54) is 0 Å². The van der Waals surface area contributed by atoms with Gasteiger partial charge in [-0.1, -0.05) is 23.7 Å². The van der Waals surface area contributed by atoms with Crippen LogP contribution in [0.15, 0.2) is 28.8 Å². The van der Waals surface area contributed by atoms with Crippen molar-refractivity contribution in [1.82, 2.24) is 15.5 Å². The number of aromatic nitrogens is 2. The molecule has 1 aromatic carbocycles. The lowest BCUT2D eigenvalue weighted by Gasteiger charge is -2.26. The van der Waals surface area contributed by atoms with Crippen molar-refractivity contribution in [3.05, 3.63) is 30.2 Å². The van der Waals surface area contributed by atoms with Crippen LogP contribution in [-0.2, 0) is 4.79 Å². The van der Waals surface area contributed by atoms with Crippen LogP contribution < -0.4 is 15.8 Å². The monoisotopic (exact) mass is 380 g/mol. The summed E-state index contributed by atoms with van der Waals surface area (Å²) in [5.74, 6) is 1.54. The van der Waals surface area contributed by atoms with Gasteiger partial charge in [0.05, 0.1) is 7.11 Å². The first kappa shape index (κ1) is 20.2. The lowest BCUT2D eigenvalue weighted by atomic mass is 9.85. The van der Waals surface area contributed by atoms with Crippen LogP contribution in [0.25, 0.3) is 11.4 Å². The van der Waals surface area contributed by atoms with Crippen LogP contribution in [-0.4, -0.2) is 29.2 Å². The van der Waals surface area contributed by atoms with E-state index >= 15 is 0 Å². The normalized spacial score (nSPS) is 20.7. The van der Waals surface area contributed by atoms with Gasteiger partial charge in [0, 0.05) is 17.5 Å². The van der Waals surface area contributed by atoms with E-state index < -0.39 is 0 Å². The molecule has 7 nitrogen and oxygen atoms in total. The van der Waals surface area contributed by atoms with E-state index in [9.17, 15) is 4.79 Å². The van der Waals surface area contributed by atoms with Gasteiger partial charge in [0.25, 0.3) is 0 Å². The van der Waals surface area contributed by atoms with Gasteiger partial charge in [-0.15, -0.1) is 12.4 Å². The standard InChI is InChI=1S/C18H24N4O3.ClH/c1-11(20-17(23)13-6-3-7-14(19)9-13)18-21-16(22-25-18)12-5-4-8-15(10-12)24-2;/h4-5,8,10-11,13-14H,3,6-7,9,19H2,1-2H3,(H,20,23);1H. The lowest BCUT2D eigenvalue weighted by Crippen LogP contribution is -2.38. The minimum absolute atomic E-state index is 0. The molecule has 1 saturated carbocycles. The summed E-state index contributed by atoms with van der Waals surface area (Å²) in [4.78, 5) is 16.8. The zero-order valence-electron chi connectivity index (χ0n) is 15.0. The number of nitrogens with zero attached hydrogens (tertiary/aromatic N) is 2. The maximum atomic E-state index is 12.4. The number of rotatable bonds is 5. The van der Waals surface area contributed by atoms with Crippen molar-refractivity contribution in [3.8, 4) is 17.1 Å². The van der Waals surface area contributed by atoms with E-state index in [2.05, 4.69) is 15.5 Å². The number of hydrogen-bond donors (Lipinski definition) is 2. The number of carbonyl (C=O) groups excluding carboxylic acids is 1. The summed E-state index contributed by atoms with van der Waals surface area (Å²) in [6, 6.07) is 7.19. The lowest BCUT2D eigenvalue weighted by molar-refractivity contribution is -0.126. The zero-order chi connectivity index (χ0) is 17.8. The predicted molar refractivity (Wildman–Crippen MR) is 100 cm³/mol. The molecule has 3 rings (SSSR count). The molecule has 0 radical (unpaired) electrons. The van der Waals surface area contributed by atoms with Gasteiger partial charge in [-0.3, -0.25) is 4.79 Å². The predicted octanol–water partition coefficient (Wildman–Crippen LogP) is 2.86. The maximum absolute atomic E-state index is 12.4. The van der Waals surface area contributed by atoms with Crippen LogP contribution in [0.5, 0.6) is 5.75 Å². The molecule has 1 aromatic heterocycles. The van der Waals surface area contributed by atoms with Crippen molar-refractivity contribution < 1.29 is 14.1 Å². The SMILES string of the molecule is COc1cccc(-c2noc(C(C)NC(=O)C3CCCC(N)C3)n2)c1.Cl. The fourth-order valence-electron chi connectivity index (χ4n) is 3.15. The first-order chi connectivity index (χ1) is 12.1. The smallest absolute Gasteiger partial charge is 0.249 e. The second-order valence-corrected chi connectivity index (χ2v) is 6.54. The van der Waals surface area contributed by atoms with Crippen LogP contribution in [0, 0.1) is 5.92 Å². The minimum Gasteiger partial charge on any atom is -0.497 e. The molecule has 1 amide bonds. The van der Waals surface area contributed by atoms with Crippen LogP contribution in [0.4, 0.5) is 0 Å². The van der Waals surface area contributed by atoms with Crippen LogP contribution in [0.1, 0.15) is 44.5 Å². The Morgan fingerprint density at radius 1 is 1.42 bits per heavy atom. The van der Waals surface area contributed by atoms with Gasteiger partial charge in [-0.2, -0.15) is 4.98 Å². The molecular formula is C18H25ClN4O3. The van der Waals surface area contributed by atoms with E-state index in [1.807, 2.05) is 31.2 Å². The number of nitrogens with one attached hydrogen (secondary N) is 1. The molecule has 3 atom stereocenters. The summed E-state index contributed by atoms with van der Waals surface area (Å²) in [6.45, 7) is 1.84. The number of benzene rings is 1. The number of carbonyl (C=O) groups is 1. The third kappa shape index (κ3) is 4.74. The highest BCUT2D eigenvalue weighted by Gasteiger charge is 2.27. The first-order valence-corrected chi connectivity index (χ1v) is 8.61. The Balaban J connectivity index is 0.00000243. The van der Waals surface area contributed by atoms with Gasteiger partial charge in [0.2, 0.25) is 17.6 Å². The molecule has 3 N–H and O–H groups in total.